The molecule has 3 rings (SSSR count). The Hall–Kier alpha value is -2.15. The van der Waals surface area contributed by atoms with Crippen LogP contribution in [0.5, 0.6) is 0 Å². The number of carbonyl (C=O) groups is 1. The maximum absolute atomic E-state index is 11.6. The van der Waals surface area contributed by atoms with Gasteiger partial charge in [0.25, 0.3) is 0 Å². The fourth-order valence-electron chi connectivity index (χ4n) is 2.42. The monoisotopic (exact) mass is 365 g/mol. The van der Waals surface area contributed by atoms with Crippen molar-refractivity contribution < 1.29 is 14.6 Å². The van der Waals surface area contributed by atoms with E-state index >= 15 is 0 Å². The van der Waals surface area contributed by atoms with E-state index in [0.29, 0.717) is 22.1 Å². The first-order valence-electron chi connectivity index (χ1n) is 7.00. The number of aromatic nitrogens is 3. The second-order valence-electron chi connectivity index (χ2n) is 5.14. The summed E-state index contributed by atoms with van der Waals surface area (Å²) in [6, 6.07) is 8.96. The lowest BCUT2D eigenvalue weighted by atomic mass is 10.1. The summed E-state index contributed by atoms with van der Waals surface area (Å²) < 4.78 is 5.92. The molecule has 0 radical (unpaired) electrons. The molecule has 0 aliphatic rings. The Morgan fingerprint density at radius 2 is 2.08 bits per heavy atom. The first-order valence-corrected chi connectivity index (χ1v) is 7.75. The van der Waals surface area contributed by atoms with Crippen LogP contribution in [0, 0.1) is 6.92 Å². The maximum Gasteiger partial charge on any atom is 0.339 e. The highest BCUT2D eigenvalue weighted by Crippen LogP contribution is 2.29. The molecule has 0 aliphatic heterocycles. The van der Waals surface area contributed by atoms with Crippen molar-refractivity contribution in [2.45, 2.75) is 13.0 Å². The lowest BCUT2D eigenvalue weighted by Gasteiger charge is -2.13. The lowest BCUT2D eigenvalue weighted by Crippen LogP contribution is -2.17. The van der Waals surface area contributed by atoms with Crippen LogP contribution >= 0.6 is 23.2 Å². The molecule has 24 heavy (non-hydrogen) atoms. The number of carbonyl (C=O) groups excluding carboxylic acids is 1. The fraction of sp³-hybridized carbons (Fsp3) is 0.188. The minimum atomic E-state index is -1.53. The van der Waals surface area contributed by atoms with Gasteiger partial charge in [-0.1, -0.05) is 35.3 Å². The molecule has 0 fully saturated rings. The third-order valence-corrected chi connectivity index (χ3v) is 4.19. The van der Waals surface area contributed by atoms with Gasteiger partial charge in [0.05, 0.1) is 18.4 Å². The average molecular weight is 366 g/mol. The molecule has 1 aromatic carbocycles. The topological polar surface area (TPSA) is 76.7 Å². The number of ether oxygens (including phenoxy) is 1. The summed E-state index contributed by atoms with van der Waals surface area (Å²) >= 11 is 12.3. The minimum absolute atomic E-state index is 0.101. The number of hydrogen-bond donors (Lipinski definition) is 1. The highest BCUT2D eigenvalue weighted by molar-refractivity contribution is 6.31. The number of aliphatic hydroxyl groups excluding tert-OH is 1. The van der Waals surface area contributed by atoms with E-state index in [0.717, 1.165) is 5.56 Å². The van der Waals surface area contributed by atoms with Crippen molar-refractivity contribution in [1.82, 2.24) is 14.6 Å². The number of halogens is 2. The molecule has 0 saturated heterocycles. The van der Waals surface area contributed by atoms with Crippen molar-refractivity contribution in [1.29, 1.82) is 0 Å². The van der Waals surface area contributed by atoms with Gasteiger partial charge in [0.15, 0.2) is 11.8 Å². The van der Waals surface area contributed by atoms with E-state index in [-0.39, 0.29) is 10.7 Å². The third-order valence-electron chi connectivity index (χ3n) is 3.59. The van der Waals surface area contributed by atoms with Gasteiger partial charge < -0.3 is 9.84 Å². The predicted molar refractivity (Wildman–Crippen MR) is 90.2 cm³/mol. The molecular formula is C16H13Cl2N3O3. The van der Waals surface area contributed by atoms with E-state index in [2.05, 4.69) is 14.8 Å². The zero-order valence-electron chi connectivity index (χ0n) is 12.8. The van der Waals surface area contributed by atoms with Crippen molar-refractivity contribution in [2.24, 2.45) is 0 Å². The molecule has 6 nitrogen and oxygen atoms in total. The molecule has 0 saturated carbocycles. The van der Waals surface area contributed by atoms with Gasteiger partial charge in [-0.3, -0.25) is 0 Å². The van der Waals surface area contributed by atoms with E-state index < -0.39 is 12.1 Å². The van der Waals surface area contributed by atoms with Gasteiger partial charge in [0, 0.05) is 22.3 Å². The molecule has 0 bridgehead atoms. The summed E-state index contributed by atoms with van der Waals surface area (Å²) in [5.74, 6) is -0.816. The highest BCUT2D eigenvalue weighted by Gasteiger charge is 2.26. The van der Waals surface area contributed by atoms with E-state index in [1.54, 1.807) is 25.1 Å². The zero-order chi connectivity index (χ0) is 17.4. The van der Waals surface area contributed by atoms with Crippen LogP contribution in [0.1, 0.15) is 17.4 Å². The Balaban J connectivity index is 2.17. The van der Waals surface area contributed by atoms with E-state index in [1.165, 1.54) is 11.6 Å². The van der Waals surface area contributed by atoms with Crippen LogP contribution in [-0.4, -0.2) is 32.8 Å². The van der Waals surface area contributed by atoms with Crippen LogP contribution in [0.4, 0.5) is 0 Å². The van der Waals surface area contributed by atoms with Crippen LogP contribution in [0.15, 0.2) is 30.3 Å². The Morgan fingerprint density at radius 1 is 1.33 bits per heavy atom. The maximum atomic E-state index is 11.6. The van der Waals surface area contributed by atoms with Gasteiger partial charge in [-0.2, -0.15) is 5.10 Å². The first-order chi connectivity index (χ1) is 11.4. The third kappa shape index (κ3) is 2.84. The van der Waals surface area contributed by atoms with Crippen molar-refractivity contribution in [2.75, 3.05) is 7.11 Å². The number of methoxy groups -OCH3 is 1. The number of esters is 1. The van der Waals surface area contributed by atoms with E-state index in [1.807, 2.05) is 12.1 Å². The number of fused-ring (bicyclic) bond motifs is 1. The fourth-order valence-corrected chi connectivity index (χ4v) is 2.97. The summed E-state index contributed by atoms with van der Waals surface area (Å²) in [5.41, 5.74) is 2.50. The van der Waals surface area contributed by atoms with Gasteiger partial charge in [0.1, 0.15) is 5.15 Å². The second-order valence-corrected chi connectivity index (χ2v) is 5.93. The van der Waals surface area contributed by atoms with Gasteiger partial charge in [-0.05, 0) is 19.1 Å². The van der Waals surface area contributed by atoms with Crippen molar-refractivity contribution in [3.63, 3.8) is 0 Å². The largest absolute Gasteiger partial charge is 0.467 e. The summed E-state index contributed by atoms with van der Waals surface area (Å²) in [6.07, 6.45) is -1.53. The number of aliphatic hydroxyl groups is 1. The molecular weight excluding hydrogens is 353 g/mol. The molecule has 124 valence electrons. The van der Waals surface area contributed by atoms with Crippen LogP contribution < -0.4 is 0 Å². The summed E-state index contributed by atoms with van der Waals surface area (Å²) in [5, 5.41) is 15.2. The molecule has 0 amide bonds. The molecule has 1 atom stereocenters. The molecule has 0 spiro atoms. The molecule has 1 N–H and O–H groups in total. The van der Waals surface area contributed by atoms with Crippen LogP contribution in [0.2, 0.25) is 10.2 Å². The Kier molecular flexibility index (Phi) is 4.45. The van der Waals surface area contributed by atoms with Crippen molar-refractivity contribution in [3.05, 3.63) is 51.8 Å². The normalized spacial score (nSPS) is 12.4. The Labute approximate surface area is 147 Å². The smallest absolute Gasteiger partial charge is 0.339 e. The standard InChI is InChI=1S/C16H13Cl2N3O3/c1-8-13(14(22)16(23)24-2)15(18)21-12(19-8)7-11(20-21)9-4-3-5-10(17)6-9/h3-7,14,22H,1-2H3/t14-/m0/s1. The number of aryl methyl sites for hydroxylation is 1. The van der Waals surface area contributed by atoms with Crippen LogP contribution in [0.25, 0.3) is 16.9 Å². The van der Waals surface area contributed by atoms with Gasteiger partial charge >= 0.3 is 5.97 Å². The van der Waals surface area contributed by atoms with Gasteiger partial charge in [-0.25, -0.2) is 14.3 Å². The first kappa shape index (κ1) is 16.7. The van der Waals surface area contributed by atoms with Crippen LogP contribution in [0.3, 0.4) is 0 Å². The molecule has 0 unspecified atom stereocenters. The predicted octanol–water partition coefficient (Wildman–Crippen LogP) is 3.22. The summed E-state index contributed by atoms with van der Waals surface area (Å²) in [6.45, 7) is 1.65. The molecule has 8 heteroatoms. The van der Waals surface area contributed by atoms with Gasteiger partial charge in [0.2, 0.25) is 0 Å². The summed E-state index contributed by atoms with van der Waals surface area (Å²) in [4.78, 5) is 16.0. The second kappa shape index (κ2) is 6.39. The molecule has 2 aromatic heterocycles. The Bertz CT molecular complexity index is 940. The molecule has 2 heterocycles. The zero-order valence-corrected chi connectivity index (χ0v) is 14.3. The number of benzene rings is 1. The molecule has 0 aliphatic carbocycles. The lowest BCUT2D eigenvalue weighted by molar-refractivity contribution is -0.150. The van der Waals surface area contributed by atoms with E-state index in [9.17, 15) is 9.90 Å². The highest BCUT2D eigenvalue weighted by atomic mass is 35.5. The number of rotatable bonds is 3. The minimum Gasteiger partial charge on any atom is -0.467 e. The number of nitrogens with zero attached hydrogens (tertiary/aromatic N) is 3. The van der Waals surface area contributed by atoms with Crippen LogP contribution in [-0.2, 0) is 9.53 Å². The van der Waals surface area contributed by atoms with Gasteiger partial charge in [-0.15, -0.1) is 0 Å². The summed E-state index contributed by atoms with van der Waals surface area (Å²) in [7, 11) is 1.19. The quantitative estimate of drug-likeness (QED) is 0.569. The van der Waals surface area contributed by atoms with Crippen molar-refractivity contribution >= 4 is 34.8 Å². The SMILES string of the molecule is COC(=O)[C@@H](O)c1c(C)nc2cc(-c3cccc(Cl)c3)nn2c1Cl. The van der Waals surface area contributed by atoms with E-state index in [4.69, 9.17) is 23.2 Å². The average Bonchev–Trinajstić information content (AvgIpc) is 2.98. The Morgan fingerprint density at radius 3 is 2.75 bits per heavy atom. The van der Waals surface area contributed by atoms with Crippen molar-refractivity contribution in [3.8, 4) is 11.3 Å². The number of hydrogen-bond acceptors (Lipinski definition) is 5. The molecule has 3 aromatic rings.